The van der Waals surface area contributed by atoms with Crippen LogP contribution < -0.4 is 0 Å². The van der Waals surface area contributed by atoms with Crippen molar-refractivity contribution in [3.05, 3.63) is 176 Å². The van der Waals surface area contributed by atoms with Crippen LogP contribution in [-0.4, -0.2) is 28.9 Å². The van der Waals surface area contributed by atoms with E-state index in [1.165, 1.54) is 37.9 Å². The van der Waals surface area contributed by atoms with Crippen molar-refractivity contribution >= 4 is 43.4 Å². The summed E-state index contributed by atoms with van der Waals surface area (Å²) < 4.78 is 7.92. The monoisotopic (exact) mass is 891 g/mol. The topological polar surface area (TPSA) is 69.4 Å². The molecule has 6 aromatic carbocycles. The van der Waals surface area contributed by atoms with Gasteiger partial charge in [0, 0.05) is 66.0 Å². The first-order chi connectivity index (χ1) is 26.2. The van der Waals surface area contributed by atoms with Gasteiger partial charge in [-0.1, -0.05) is 109 Å². The van der Waals surface area contributed by atoms with Gasteiger partial charge in [0.1, 0.15) is 0 Å². The van der Waals surface area contributed by atoms with E-state index in [1.807, 2.05) is 121 Å². The molecular formula is C46H30IrN6S-2. The van der Waals surface area contributed by atoms with Crippen molar-refractivity contribution in [2.75, 3.05) is 0 Å². The average molecular weight is 891 g/mol. The molecule has 0 saturated carbocycles. The van der Waals surface area contributed by atoms with Gasteiger partial charge >= 0.3 is 0 Å². The molecule has 0 atom stereocenters. The Kier molecular flexibility index (Phi) is 9.97. The third-order valence-electron chi connectivity index (χ3n) is 9.18. The second-order valence-corrected chi connectivity index (χ2v) is 13.3. The summed E-state index contributed by atoms with van der Waals surface area (Å²) in [5.74, 6) is 1.87. The van der Waals surface area contributed by atoms with Crippen molar-refractivity contribution < 1.29 is 20.1 Å². The van der Waals surface area contributed by atoms with Crippen molar-refractivity contribution in [3.8, 4) is 56.7 Å². The van der Waals surface area contributed by atoms with Crippen molar-refractivity contribution in [1.29, 1.82) is 0 Å². The minimum atomic E-state index is 0. The van der Waals surface area contributed by atoms with E-state index in [0.717, 1.165) is 44.7 Å². The zero-order valence-electron chi connectivity index (χ0n) is 29.0. The molecule has 8 heteroatoms. The van der Waals surface area contributed by atoms with Crippen LogP contribution in [-0.2, 0) is 27.2 Å². The summed E-state index contributed by atoms with van der Waals surface area (Å²) in [6.45, 7) is 0. The predicted octanol–water partition coefficient (Wildman–Crippen LogP) is 11.1. The number of para-hydroxylation sites is 1. The molecule has 10 aromatic rings. The minimum absolute atomic E-state index is 0. The normalized spacial score (nSPS) is 10.9. The summed E-state index contributed by atoms with van der Waals surface area (Å²) in [6.07, 6.45) is 1.81. The van der Waals surface area contributed by atoms with Crippen LogP contribution in [0.25, 0.3) is 88.6 Å². The second-order valence-electron chi connectivity index (χ2n) is 12.5. The quantitative estimate of drug-likeness (QED) is 0.161. The van der Waals surface area contributed by atoms with Crippen LogP contribution in [0, 0.1) is 12.1 Å². The molecule has 4 heterocycles. The fraction of sp³-hybridized carbons (Fsp3) is 0.0217. The van der Waals surface area contributed by atoms with Crippen molar-refractivity contribution in [2.24, 2.45) is 7.05 Å². The Morgan fingerprint density at radius 1 is 0.556 bits per heavy atom. The van der Waals surface area contributed by atoms with Crippen LogP contribution >= 0.6 is 11.5 Å². The number of nitrogens with zero attached hydrogens (tertiary/aromatic N) is 6. The summed E-state index contributed by atoms with van der Waals surface area (Å²) >= 11 is 1.54. The summed E-state index contributed by atoms with van der Waals surface area (Å²) in [4.78, 5) is 19.3. The van der Waals surface area contributed by atoms with Crippen LogP contribution in [0.5, 0.6) is 0 Å². The molecule has 0 unspecified atom stereocenters. The molecular weight excluding hydrogens is 861 g/mol. The standard InChI is InChI=1S/C33H22N5.C13H8NS.Ir/c1-38-29-18-9-8-15-25(29)26-16-10-17-27(30(26)38)28-21-24(19-20-34-28)33-36-31(22-11-4-2-5-12-22)35-32(37-33)23-13-6-3-7-14-23;1-2-6-10(7-3-1)13-11-8-4-5-9-12(11)15-14-13;/h2-16,18-21H,1H3;1-6,8-9H;/q2*-1;. The Labute approximate surface area is 330 Å². The molecule has 6 nitrogen and oxygen atoms in total. The van der Waals surface area contributed by atoms with Gasteiger partial charge in [0.2, 0.25) is 0 Å². The van der Waals surface area contributed by atoms with Gasteiger partial charge in [-0.05, 0) is 51.7 Å². The SMILES string of the molecule is Cn1c2ccccc2c2cc[c-]c(-c3cc(-c4nc(-c5ccccc5)nc(-c5ccccc5)n4)ccn3)c21.[Ir].[c-]1ccccc1-c1nsc2ccccc12. The Morgan fingerprint density at radius 3 is 1.89 bits per heavy atom. The van der Waals surface area contributed by atoms with Gasteiger partial charge in [0.15, 0.2) is 17.5 Å². The Bertz CT molecular complexity index is 2800. The van der Waals surface area contributed by atoms with Gasteiger partial charge in [-0.15, -0.1) is 59.7 Å². The summed E-state index contributed by atoms with van der Waals surface area (Å²) in [5, 5.41) is 3.61. The zero-order valence-corrected chi connectivity index (χ0v) is 32.2. The number of benzene rings is 6. The number of pyridine rings is 1. The number of aromatic nitrogens is 6. The molecule has 0 bridgehead atoms. The maximum Gasteiger partial charge on any atom is 0.164 e. The van der Waals surface area contributed by atoms with E-state index in [9.17, 15) is 0 Å². The van der Waals surface area contributed by atoms with Crippen LogP contribution in [0.3, 0.4) is 0 Å². The number of hydrogen-bond donors (Lipinski definition) is 0. The van der Waals surface area contributed by atoms with Crippen molar-refractivity contribution in [1.82, 2.24) is 28.9 Å². The molecule has 0 aliphatic rings. The molecule has 0 aliphatic heterocycles. The van der Waals surface area contributed by atoms with Gasteiger partial charge in [0.05, 0.1) is 0 Å². The number of fused-ring (bicyclic) bond motifs is 4. The molecule has 0 spiro atoms. The summed E-state index contributed by atoms with van der Waals surface area (Å²) in [7, 11) is 2.09. The van der Waals surface area contributed by atoms with E-state index in [1.54, 1.807) is 0 Å². The Morgan fingerprint density at radius 2 is 1.19 bits per heavy atom. The molecule has 1 radical (unpaired) electrons. The van der Waals surface area contributed by atoms with Gasteiger partial charge in [-0.3, -0.25) is 0 Å². The molecule has 0 amide bonds. The number of hydrogen-bond acceptors (Lipinski definition) is 6. The maximum absolute atomic E-state index is 4.88. The first-order valence-corrected chi connectivity index (χ1v) is 18.0. The smallest absolute Gasteiger partial charge is 0.164 e. The molecule has 0 aliphatic carbocycles. The average Bonchev–Trinajstić information content (AvgIpc) is 3.81. The first-order valence-electron chi connectivity index (χ1n) is 17.2. The largest absolute Gasteiger partial charge is 0.383 e. The molecule has 0 fully saturated rings. The van der Waals surface area contributed by atoms with E-state index in [2.05, 4.69) is 70.6 Å². The number of aryl methyl sites for hydroxylation is 1. The first kappa shape index (κ1) is 34.9. The van der Waals surface area contributed by atoms with Gasteiger partial charge in [0.25, 0.3) is 0 Å². The number of rotatable bonds is 5. The van der Waals surface area contributed by atoms with Crippen LogP contribution in [0.1, 0.15) is 0 Å². The zero-order chi connectivity index (χ0) is 35.6. The van der Waals surface area contributed by atoms with Gasteiger partial charge in [-0.25, -0.2) is 19.3 Å². The van der Waals surface area contributed by atoms with Crippen molar-refractivity contribution in [3.63, 3.8) is 0 Å². The summed E-state index contributed by atoms with van der Waals surface area (Å²) in [5.41, 5.74) is 8.90. The van der Waals surface area contributed by atoms with Crippen LogP contribution in [0.4, 0.5) is 0 Å². The molecule has 0 N–H and O–H groups in total. The second kappa shape index (κ2) is 15.4. The predicted molar refractivity (Wildman–Crippen MR) is 216 cm³/mol. The Hall–Kier alpha value is -6.18. The maximum atomic E-state index is 4.88. The van der Waals surface area contributed by atoms with Crippen LogP contribution in [0.15, 0.2) is 164 Å². The third kappa shape index (κ3) is 6.74. The fourth-order valence-electron chi connectivity index (χ4n) is 6.63. The minimum Gasteiger partial charge on any atom is -0.383 e. The van der Waals surface area contributed by atoms with E-state index < -0.39 is 0 Å². The molecule has 261 valence electrons. The third-order valence-corrected chi connectivity index (χ3v) is 10.0. The fourth-order valence-corrected chi connectivity index (χ4v) is 7.42. The molecule has 54 heavy (non-hydrogen) atoms. The van der Waals surface area contributed by atoms with E-state index in [4.69, 9.17) is 19.9 Å². The van der Waals surface area contributed by atoms with E-state index in [-0.39, 0.29) is 20.1 Å². The van der Waals surface area contributed by atoms with E-state index >= 15 is 0 Å². The van der Waals surface area contributed by atoms with Gasteiger partial charge in [-0.2, -0.15) is 0 Å². The summed E-state index contributed by atoms with van der Waals surface area (Å²) in [6, 6.07) is 59.4. The Balaban J connectivity index is 0.000000216. The van der Waals surface area contributed by atoms with Crippen LogP contribution in [0.2, 0.25) is 0 Å². The molecule has 4 aromatic heterocycles. The molecule has 10 rings (SSSR count). The van der Waals surface area contributed by atoms with E-state index in [0.29, 0.717) is 17.5 Å². The van der Waals surface area contributed by atoms with Crippen molar-refractivity contribution in [2.45, 2.75) is 0 Å². The van der Waals surface area contributed by atoms with Gasteiger partial charge < -0.3 is 9.55 Å². The molecule has 0 saturated heterocycles.